The van der Waals surface area contributed by atoms with Gasteiger partial charge in [0.2, 0.25) is 0 Å². The van der Waals surface area contributed by atoms with Gasteiger partial charge >= 0.3 is 0 Å². The minimum absolute atomic E-state index is 0.687. The fourth-order valence-corrected chi connectivity index (χ4v) is 2.68. The van der Waals surface area contributed by atoms with Crippen LogP contribution in [0.5, 0.6) is 0 Å². The van der Waals surface area contributed by atoms with Crippen LogP contribution in [0.15, 0.2) is 44.9 Å². The molecule has 3 nitrogen and oxygen atoms in total. The molecule has 0 fully saturated rings. The molecule has 2 heterocycles. The molecule has 2 rings (SSSR count). The number of aromatic nitrogens is 1. The Kier molecular flexibility index (Phi) is 3.03. The second-order valence-electron chi connectivity index (χ2n) is 2.54. The first-order valence-corrected chi connectivity index (χ1v) is 5.73. The van der Waals surface area contributed by atoms with E-state index in [0.29, 0.717) is 5.82 Å². The number of hydrazine groups is 1. The van der Waals surface area contributed by atoms with E-state index in [1.54, 1.807) is 23.1 Å². The van der Waals surface area contributed by atoms with Crippen molar-refractivity contribution in [2.45, 2.75) is 9.24 Å². The summed E-state index contributed by atoms with van der Waals surface area (Å²) in [5.41, 5.74) is 2.53. The molecule has 0 atom stereocenters. The van der Waals surface area contributed by atoms with Gasteiger partial charge in [0.25, 0.3) is 0 Å². The lowest BCUT2D eigenvalue weighted by atomic mass is 10.5. The van der Waals surface area contributed by atoms with Crippen LogP contribution in [0.25, 0.3) is 0 Å². The van der Waals surface area contributed by atoms with Crippen molar-refractivity contribution in [3.8, 4) is 0 Å². The molecule has 0 saturated carbocycles. The Hall–Kier alpha value is -1.04. The molecular weight excluding hydrogens is 214 g/mol. The topological polar surface area (TPSA) is 50.9 Å². The first-order chi connectivity index (χ1) is 6.88. The maximum Gasteiger partial charge on any atom is 0.141 e. The summed E-state index contributed by atoms with van der Waals surface area (Å²) >= 11 is 3.34. The molecule has 0 aliphatic rings. The normalized spacial score (nSPS) is 10.1. The van der Waals surface area contributed by atoms with Gasteiger partial charge in [0.1, 0.15) is 10.8 Å². The Balaban J connectivity index is 2.17. The van der Waals surface area contributed by atoms with Gasteiger partial charge in [-0.25, -0.2) is 10.8 Å². The molecular formula is C9H9N3S2. The summed E-state index contributed by atoms with van der Waals surface area (Å²) in [6, 6.07) is 9.82. The van der Waals surface area contributed by atoms with Crippen molar-refractivity contribution in [3.63, 3.8) is 0 Å². The third-order valence-corrected chi connectivity index (χ3v) is 3.55. The van der Waals surface area contributed by atoms with Crippen LogP contribution in [0.4, 0.5) is 5.82 Å². The molecule has 3 N–H and O–H groups in total. The molecule has 5 heteroatoms. The van der Waals surface area contributed by atoms with Crippen LogP contribution < -0.4 is 11.3 Å². The molecule has 0 aromatic carbocycles. The van der Waals surface area contributed by atoms with E-state index in [4.69, 9.17) is 5.84 Å². The number of nitrogens with two attached hydrogens (primary N) is 1. The third-order valence-electron chi connectivity index (χ3n) is 1.57. The van der Waals surface area contributed by atoms with Crippen LogP contribution >= 0.6 is 23.1 Å². The van der Waals surface area contributed by atoms with E-state index in [-0.39, 0.29) is 0 Å². The number of hydrogen-bond acceptors (Lipinski definition) is 5. The summed E-state index contributed by atoms with van der Waals surface area (Å²) in [7, 11) is 0. The van der Waals surface area contributed by atoms with Crippen molar-refractivity contribution in [2.24, 2.45) is 5.84 Å². The molecule has 2 aromatic heterocycles. The minimum Gasteiger partial charge on any atom is -0.308 e. The maximum absolute atomic E-state index is 5.27. The predicted molar refractivity (Wildman–Crippen MR) is 60.5 cm³/mol. The molecule has 0 aliphatic heterocycles. The van der Waals surface area contributed by atoms with Crippen molar-refractivity contribution in [1.82, 2.24) is 4.98 Å². The third kappa shape index (κ3) is 2.25. The van der Waals surface area contributed by atoms with Crippen molar-refractivity contribution < 1.29 is 0 Å². The van der Waals surface area contributed by atoms with E-state index in [1.165, 1.54) is 4.21 Å². The van der Waals surface area contributed by atoms with E-state index in [2.05, 4.69) is 16.5 Å². The van der Waals surface area contributed by atoms with Crippen molar-refractivity contribution in [1.29, 1.82) is 0 Å². The number of hydrogen-bond donors (Lipinski definition) is 2. The second kappa shape index (κ2) is 4.45. The van der Waals surface area contributed by atoms with Crippen LogP contribution in [0, 0.1) is 0 Å². The van der Waals surface area contributed by atoms with Crippen LogP contribution in [0.2, 0.25) is 0 Å². The predicted octanol–water partition coefficient (Wildman–Crippen LogP) is 2.58. The zero-order valence-electron chi connectivity index (χ0n) is 7.31. The molecule has 0 amide bonds. The number of pyridine rings is 1. The lowest BCUT2D eigenvalue weighted by Gasteiger charge is -2.01. The number of thiophene rings is 1. The Morgan fingerprint density at radius 3 is 2.93 bits per heavy atom. The molecule has 0 unspecified atom stereocenters. The Morgan fingerprint density at radius 1 is 1.29 bits per heavy atom. The largest absolute Gasteiger partial charge is 0.308 e. The van der Waals surface area contributed by atoms with E-state index >= 15 is 0 Å². The highest BCUT2D eigenvalue weighted by atomic mass is 32.2. The van der Waals surface area contributed by atoms with Gasteiger partial charge in [0, 0.05) is 0 Å². The molecule has 14 heavy (non-hydrogen) atoms. The van der Waals surface area contributed by atoms with Crippen molar-refractivity contribution in [3.05, 3.63) is 35.7 Å². The highest BCUT2D eigenvalue weighted by Gasteiger charge is 1.99. The molecule has 0 radical (unpaired) electrons. The molecule has 0 spiro atoms. The number of nitrogens with one attached hydrogen (secondary N) is 1. The maximum atomic E-state index is 5.27. The Morgan fingerprint density at radius 2 is 2.21 bits per heavy atom. The number of anilines is 1. The highest BCUT2D eigenvalue weighted by Crippen LogP contribution is 2.30. The number of nitrogen functional groups attached to an aromatic ring is 1. The first-order valence-electron chi connectivity index (χ1n) is 4.03. The van der Waals surface area contributed by atoms with Crippen molar-refractivity contribution >= 4 is 28.9 Å². The summed E-state index contributed by atoms with van der Waals surface area (Å²) in [5, 5.41) is 3.00. The minimum atomic E-state index is 0.687. The van der Waals surface area contributed by atoms with Crippen LogP contribution in [-0.4, -0.2) is 4.98 Å². The van der Waals surface area contributed by atoms with Crippen LogP contribution in [-0.2, 0) is 0 Å². The Bertz CT molecular complexity index is 400. The molecule has 2 aromatic rings. The fourth-order valence-electron chi connectivity index (χ4n) is 0.977. The van der Waals surface area contributed by atoms with E-state index < -0.39 is 0 Å². The summed E-state index contributed by atoms with van der Waals surface area (Å²) in [6.45, 7) is 0. The highest BCUT2D eigenvalue weighted by molar-refractivity contribution is 8.01. The number of nitrogens with zero attached hydrogens (tertiary/aromatic N) is 1. The van der Waals surface area contributed by atoms with Crippen LogP contribution in [0.3, 0.4) is 0 Å². The molecule has 72 valence electrons. The van der Waals surface area contributed by atoms with E-state index in [9.17, 15) is 0 Å². The Labute approximate surface area is 90.3 Å². The van der Waals surface area contributed by atoms with Gasteiger partial charge in [-0.3, -0.25) is 0 Å². The van der Waals surface area contributed by atoms with Gasteiger partial charge in [0.15, 0.2) is 0 Å². The summed E-state index contributed by atoms with van der Waals surface area (Å²) in [4.78, 5) is 4.30. The molecule has 0 saturated heterocycles. The second-order valence-corrected chi connectivity index (χ2v) is 4.81. The average molecular weight is 223 g/mol. The molecule has 0 aliphatic carbocycles. The zero-order chi connectivity index (χ0) is 9.80. The SMILES string of the molecule is NNc1cccc(Sc2cccs2)n1. The van der Waals surface area contributed by atoms with Crippen LogP contribution in [0.1, 0.15) is 0 Å². The lowest BCUT2D eigenvalue weighted by Crippen LogP contribution is -2.08. The summed E-state index contributed by atoms with van der Waals surface area (Å²) < 4.78 is 1.23. The first kappa shape index (κ1) is 9.51. The van der Waals surface area contributed by atoms with Gasteiger partial charge in [-0.15, -0.1) is 11.3 Å². The number of rotatable bonds is 3. The smallest absolute Gasteiger partial charge is 0.141 e. The fraction of sp³-hybridized carbons (Fsp3) is 0. The lowest BCUT2D eigenvalue weighted by molar-refractivity contribution is 1.11. The van der Waals surface area contributed by atoms with Gasteiger partial charge in [-0.2, -0.15) is 0 Å². The van der Waals surface area contributed by atoms with Gasteiger partial charge < -0.3 is 5.43 Å². The standard InChI is InChI=1S/C9H9N3S2/c10-12-7-3-1-4-8(11-7)14-9-5-2-6-13-9/h1-6H,10H2,(H,11,12). The summed E-state index contributed by atoms with van der Waals surface area (Å²) in [6.07, 6.45) is 0. The van der Waals surface area contributed by atoms with Crippen molar-refractivity contribution in [2.75, 3.05) is 5.43 Å². The quantitative estimate of drug-likeness (QED) is 0.620. The zero-order valence-corrected chi connectivity index (χ0v) is 8.94. The molecule has 0 bridgehead atoms. The van der Waals surface area contributed by atoms with Gasteiger partial charge in [-0.05, 0) is 23.6 Å². The van der Waals surface area contributed by atoms with Gasteiger partial charge in [0.05, 0.1) is 4.21 Å². The van der Waals surface area contributed by atoms with Gasteiger partial charge in [-0.1, -0.05) is 23.9 Å². The monoisotopic (exact) mass is 223 g/mol. The average Bonchev–Trinajstić information content (AvgIpc) is 2.71. The van der Waals surface area contributed by atoms with E-state index in [0.717, 1.165) is 5.03 Å². The van der Waals surface area contributed by atoms with E-state index in [1.807, 2.05) is 29.6 Å². The summed E-state index contributed by atoms with van der Waals surface area (Å²) in [5.74, 6) is 5.96.